The van der Waals surface area contributed by atoms with Crippen LogP contribution in [0.5, 0.6) is 0 Å². The van der Waals surface area contributed by atoms with Gasteiger partial charge >= 0.3 is 0 Å². The predicted octanol–water partition coefficient (Wildman–Crippen LogP) is 4.04. The third-order valence-corrected chi connectivity index (χ3v) is 4.33. The molecule has 0 atom stereocenters. The molecule has 2 N–H and O–H groups in total. The summed E-state index contributed by atoms with van der Waals surface area (Å²) >= 11 is 5.25. The van der Waals surface area contributed by atoms with Gasteiger partial charge in [-0.1, -0.05) is 0 Å². The first-order chi connectivity index (χ1) is 8.06. The van der Waals surface area contributed by atoms with Gasteiger partial charge in [0.1, 0.15) is 0 Å². The molecule has 0 unspecified atom stereocenters. The minimum absolute atomic E-state index is 0.818. The van der Waals surface area contributed by atoms with Crippen LogP contribution < -0.4 is 10.6 Å². The van der Waals surface area contributed by atoms with Crippen molar-refractivity contribution in [3.63, 3.8) is 0 Å². The SMILES string of the molecule is Cc1cc(N)ccc1N(C)Cc1cc(Br)cs1. The van der Waals surface area contributed by atoms with Crippen LogP contribution in [0, 0.1) is 6.92 Å². The fourth-order valence-corrected chi connectivity index (χ4v) is 3.37. The molecule has 0 aliphatic rings. The van der Waals surface area contributed by atoms with E-state index in [0.29, 0.717) is 0 Å². The van der Waals surface area contributed by atoms with Crippen LogP contribution in [0.1, 0.15) is 10.4 Å². The van der Waals surface area contributed by atoms with Crippen molar-refractivity contribution in [1.29, 1.82) is 0 Å². The van der Waals surface area contributed by atoms with Gasteiger partial charge in [0, 0.05) is 33.2 Å². The molecule has 90 valence electrons. The molecule has 1 heterocycles. The Bertz CT molecular complexity index is 522. The second-order valence-corrected chi connectivity index (χ2v) is 6.04. The van der Waals surface area contributed by atoms with Gasteiger partial charge in [0.15, 0.2) is 0 Å². The molecule has 0 saturated heterocycles. The quantitative estimate of drug-likeness (QED) is 0.867. The lowest BCUT2D eigenvalue weighted by Crippen LogP contribution is -2.16. The van der Waals surface area contributed by atoms with Crippen molar-refractivity contribution < 1.29 is 0 Å². The Kier molecular flexibility index (Phi) is 3.74. The summed E-state index contributed by atoms with van der Waals surface area (Å²) in [7, 11) is 2.10. The van der Waals surface area contributed by atoms with Gasteiger partial charge in [-0.05, 0) is 52.7 Å². The van der Waals surface area contributed by atoms with Crippen LogP contribution in [-0.2, 0) is 6.54 Å². The third kappa shape index (κ3) is 3.01. The minimum atomic E-state index is 0.818. The van der Waals surface area contributed by atoms with Crippen molar-refractivity contribution >= 4 is 38.6 Å². The Hall–Kier alpha value is -1.000. The van der Waals surface area contributed by atoms with Crippen molar-refractivity contribution in [3.8, 4) is 0 Å². The highest BCUT2D eigenvalue weighted by atomic mass is 79.9. The number of nitrogens with two attached hydrogens (primary N) is 1. The lowest BCUT2D eigenvalue weighted by Gasteiger charge is -2.21. The number of anilines is 2. The van der Waals surface area contributed by atoms with Crippen LogP contribution in [0.2, 0.25) is 0 Å². The normalized spacial score (nSPS) is 10.5. The number of thiophene rings is 1. The third-order valence-electron chi connectivity index (χ3n) is 2.65. The standard InChI is InChI=1S/C13H15BrN2S/c1-9-5-11(15)3-4-13(9)16(2)7-12-6-10(14)8-17-12/h3-6,8H,7,15H2,1-2H3. The van der Waals surface area contributed by atoms with Gasteiger partial charge in [0.05, 0.1) is 6.54 Å². The summed E-state index contributed by atoms with van der Waals surface area (Å²) in [5.74, 6) is 0. The Labute approximate surface area is 114 Å². The zero-order valence-corrected chi connectivity index (χ0v) is 12.3. The van der Waals surface area contributed by atoms with E-state index in [0.717, 1.165) is 16.7 Å². The van der Waals surface area contributed by atoms with Gasteiger partial charge in [-0.3, -0.25) is 0 Å². The lowest BCUT2D eigenvalue weighted by atomic mass is 10.1. The van der Waals surface area contributed by atoms with Gasteiger partial charge in [-0.15, -0.1) is 11.3 Å². The lowest BCUT2D eigenvalue weighted by molar-refractivity contribution is 0.934. The molecular formula is C13H15BrN2S. The van der Waals surface area contributed by atoms with Gasteiger partial charge < -0.3 is 10.6 Å². The molecule has 0 fully saturated rings. The topological polar surface area (TPSA) is 29.3 Å². The number of halogens is 1. The molecule has 1 aromatic heterocycles. The molecule has 0 radical (unpaired) electrons. The highest BCUT2D eigenvalue weighted by molar-refractivity contribution is 9.10. The molecular weight excluding hydrogens is 296 g/mol. The molecule has 0 aliphatic heterocycles. The number of hydrogen-bond donors (Lipinski definition) is 1. The van der Waals surface area contributed by atoms with E-state index in [9.17, 15) is 0 Å². The van der Waals surface area contributed by atoms with Gasteiger partial charge in [-0.25, -0.2) is 0 Å². The minimum Gasteiger partial charge on any atom is -0.399 e. The van der Waals surface area contributed by atoms with Crippen LogP contribution in [0.4, 0.5) is 11.4 Å². The van der Waals surface area contributed by atoms with Crippen LogP contribution in [0.15, 0.2) is 34.1 Å². The van der Waals surface area contributed by atoms with Crippen LogP contribution in [0.25, 0.3) is 0 Å². The second kappa shape index (κ2) is 5.10. The first-order valence-corrected chi connectivity index (χ1v) is 7.03. The molecule has 4 heteroatoms. The molecule has 2 aromatic rings. The summed E-state index contributed by atoms with van der Waals surface area (Å²) in [4.78, 5) is 3.59. The van der Waals surface area contributed by atoms with Gasteiger partial charge in [0.25, 0.3) is 0 Å². The highest BCUT2D eigenvalue weighted by Crippen LogP contribution is 2.26. The van der Waals surface area contributed by atoms with E-state index >= 15 is 0 Å². The zero-order valence-electron chi connectivity index (χ0n) is 9.90. The van der Waals surface area contributed by atoms with Crippen molar-refractivity contribution in [2.24, 2.45) is 0 Å². The van der Waals surface area contributed by atoms with Gasteiger partial charge in [0.2, 0.25) is 0 Å². The Morgan fingerprint density at radius 1 is 1.35 bits per heavy atom. The molecule has 0 aliphatic carbocycles. The summed E-state index contributed by atoms with van der Waals surface area (Å²) in [6.45, 7) is 3.01. The maximum atomic E-state index is 5.76. The molecule has 0 bridgehead atoms. The van der Waals surface area contributed by atoms with Crippen molar-refractivity contribution in [1.82, 2.24) is 0 Å². The molecule has 2 nitrogen and oxygen atoms in total. The summed E-state index contributed by atoms with van der Waals surface area (Å²) in [5.41, 5.74) is 9.02. The fraction of sp³-hybridized carbons (Fsp3) is 0.231. The van der Waals surface area contributed by atoms with Crippen molar-refractivity contribution in [2.45, 2.75) is 13.5 Å². The number of benzene rings is 1. The average Bonchev–Trinajstić information content (AvgIpc) is 2.63. The van der Waals surface area contributed by atoms with E-state index in [1.807, 2.05) is 12.1 Å². The smallest absolute Gasteiger partial charge is 0.0520 e. The first-order valence-electron chi connectivity index (χ1n) is 5.36. The number of nitrogens with zero attached hydrogens (tertiary/aromatic N) is 1. The van der Waals surface area contributed by atoms with E-state index in [1.165, 1.54) is 16.1 Å². The van der Waals surface area contributed by atoms with Gasteiger partial charge in [-0.2, -0.15) is 0 Å². The molecule has 1 aromatic carbocycles. The molecule has 0 saturated carbocycles. The average molecular weight is 311 g/mol. The first kappa shape index (κ1) is 12.5. The number of aryl methyl sites for hydroxylation is 1. The fourth-order valence-electron chi connectivity index (χ4n) is 1.86. The molecule has 0 spiro atoms. The van der Waals surface area contributed by atoms with E-state index in [4.69, 9.17) is 5.73 Å². The number of nitrogen functional groups attached to an aromatic ring is 1. The second-order valence-electron chi connectivity index (χ2n) is 4.13. The van der Waals surface area contributed by atoms with E-state index in [1.54, 1.807) is 11.3 Å². The monoisotopic (exact) mass is 310 g/mol. The van der Waals surface area contributed by atoms with E-state index < -0.39 is 0 Å². The largest absolute Gasteiger partial charge is 0.399 e. The summed E-state index contributed by atoms with van der Waals surface area (Å²) in [5, 5.41) is 2.11. The van der Waals surface area contributed by atoms with Crippen LogP contribution >= 0.6 is 27.3 Å². The summed E-state index contributed by atoms with van der Waals surface area (Å²) in [6.07, 6.45) is 0. The van der Waals surface area contributed by atoms with E-state index in [2.05, 4.69) is 52.3 Å². The predicted molar refractivity (Wildman–Crippen MR) is 79.7 cm³/mol. The summed E-state index contributed by atoms with van der Waals surface area (Å²) < 4.78 is 1.15. The zero-order chi connectivity index (χ0) is 12.4. The molecule has 0 amide bonds. The Morgan fingerprint density at radius 3 is 2.71 bits per heavy atom. The molecule has 17 heavy (non-hydrogen) atoms. The summed E-state index contributed by atoms with van der Waals surface area (Å²) in [6, 6.07) is 8.19. The van der Waals surface area contributed by atoms with Crippen LogP contribution in [0.3, 0.4) is 0 Å². The van der Waals surface area contributed by atoms with Crippen LogP contribution in [-0.4, -0.2) is 7.05 Å². The maximum Gasteiger partial charge on any atom is 0.0520 e. The van der Waals surface area contributed by atoms with E-state index in [-0.39, 0.29) is 0 Å². The van der Waals surface area contributed by atoms with Crippen molar-refractivity contribution in [2.75, 3.05) is 17.7 Å². The van der Waals surface area contributed by atoms with Crippen molar-refractivity contribution in [3.05, 3.63) is 44.6 Å². The number of rotatable bonds is 3. The molecule has 2 rings (SSSR count). The Morgan fingerprint density at radius 2 is 2.12 bits per heavy atom. The maximum absolute atomic E-state index is 5.76. The number of hydrogen-bond acceptors (Lipinski definition) is 3. The Balaban J connectivity index is 2.17. The highest BCUT2D eigenvalue weighted by Gasteiger charge is 2.07.